The Labute approximate surface area is 59.7 Å². The van der Waals surface area contributed by atoms with Crippen LogP contribution in [0.25, 0.3) is 0 Å². The number of carbonyl (C=O) groups excluding carboxylic acids is 1. The fourth-order valence-corrected chi connectivity index (χ4v) is 1.60. The molecule has 0 aliphatic carbocycles. The first kappa shape index (κ1) is 6.16. The maximum atomic E-state index is 10.9. The van der Waals surface area contributed by atoms with Crippen molar-refractivity contribution in [1.29, 1.82) is 0 Å². The van der Waals surface area contributed by atoms with Gasteiger partial charge in [-0.25, -0.2) is 0 Å². The quantitative estimate of drug-likeness (QED) is 0.518. The molecule has 2 aliphatic rings. The number of nitrogens with one attached hydrogen (secondary N) is 1. The molecule has 2 aliphatic heterocycles. The molecule has 10 heavy (non-hydrogen) atoms. The summed E-state index contributed by atoms with van der Waals surface area (Å²) in [5.41, 5.74) is -0.0394. The standard InChI is InChI=1S/C7H11NO2/c9-6-5-7(1-3-8-6)2-4-10-7/h1-5H2,(H,8,9). The molecule has 1 spiro atoms. The summed E-state index contributed by atoms with van der Waals surface area (Å²) in [6.45, 7) is 1.63. The summed E-state index contributed by atoms with van der Waals surface area (Å²) in [5.74, 6) is 0.144. The second-order valence-corrected chi connectivity index (χ2v) is 3.06. The van der Waals surface area contributed by atoms with E-state index in [2.05, 4.69) is 5.32 Å². The number of hydrogen-bond donors (Lipinski definition) is 1. The molecular formula is C7H11NO2. The fraction of sp³-hybridized carbons (Fsp3) is 0.857. The minimum Gasteiger partial charge on any atom is -0.374 e. The number of hydrogen-bond acceptors (Lipinski definition) is 2. The van der Waals surface area contributed by atoms with Crippen molar-refractivity contribution in [2.75, 3.05) is 13.2 Å². The number of piperidine rings is 1. The molecule has 0 saturated carbocycles. The van der Waals surface area contributed by atoms with Crippen LogP contribution < -0.4 is 5.32 Å². The SMILES string of the molecule is O=C1CC2(CCN1)CCO2. The molecule has 1 atom stereocenters. The van der Waals surface area contributed by atoms with Crippen LogP contribution in [0.1, 0.15) is 19.3 Å². The van der Waals surface area contributed by atoms with Gasteiger partial charge < -0.3 is 10.1 Å². The molecule has 0 aromatic rings. The molecule has 56 valence electrons. The van der Waals surface area contributed by atoms with Crippen LogP contribution in [-0.2, 0) is 9.53 Å². The van der Waals surface area contributed by atoms with E-state index < -0.39 is 0 Å². The van der Waals surface area contributed by atoms with Crippen LogP contribution in [0.3, 0.4) is 0 Å². The molecule has 1 amide bonds. The van der Waals surface area contributed by atoms with Crippen molar-refractivity contribution in [3.8, 4) is 0 Å². The molecule has 0 aromatic carbocycles. The van der Waals surface area contributed by atoms with Crippen molar-refractivity contribution in [3.05, 3.63) is 0 Å². The molecule has 1 unspecified atom stereocenters. The van der Waals surface area contributed by atoms with Gasteiger partial charge in [0, 0.05) is 13.0 Å². The van der Waals surface area contributed by atoms with E-state index in [0.29, 0.717) is 6.42 Å². The highest BCUT2D eigenvalue weighted by Crippen LogP contribution is 2.34. The van der Waals surface area contributed by atoms with Crippen molar-refractivity contribution in [2.24, 2.45) is 0 Å². The Morgan fingerprint density at radius 1 is 1.50 bits per heavy atom. The van der Waals surface area contributed by atoms with E-state index in [1.807, 2.05) is 0 Å². The van der Waals surface area contributed by atoms with E-state index in [1.165, 1.54) is 0 Å². The van der Waals surface area contributed by atoms with Gasteiger partial charge in [0.1, 0.15) is 0 Å². The molecule has 1 N–H and O–H groups in total. The summed E-state index contributed by atoms with van der Waals surface area (Å²) in [5, 5.41) is 2.79. The van der Waals surface area contributed by atoms with E-state index in [-0.39, 0.29) is 11.5 Å². The largest absolute Gasteiger partial charge is 0.374 e. The Balaban J connectivity index is 2.02. The average Bonchev–Trinajstić information content (AvgIpc) is 1.85. The first-order chi connectivity index (χ1) is 4.81. The summed E-state index contributed by atoms with van der Waals surface area (Å²) >= 11 is 0. The van der Waals surface area contributed by atoms with Gasteiger partial charge in [-0.05, 0) is 6.42 Å². The zero-order valence-corrected chi connectivity index (χ0v) is 5.85. The van der Waals surface area contributed by atoms with Crippen LogP contribution in [0, 0.1) is 0 Å². The number of ether oxygens (including phenoxy) is 1. The monoisotopic (exact) mass is 141 g/mol. The normalized spacial score (nSPS) is 39.0. The summed E-state index contributed by atoms with van der Waals surface area (Å²) in [7, 11) is 0. The molecule has 2 rings (SSSR count). The highest BCUT2D eigenvalue weighted by atomic mass is 16.5. The number of carbonyl (C=O) groups is 1. The highest BCUT2D eigenvalue weighted by molar-refractivity contribution is 5.78. The van der Waals surface area contributed by atoms with Crippen LogP contribution >= 0.6 is 0 Å². The van der Waals surface area contributed by atoms with Crippen LogP contribution in [0.5, 0.6) is 0 Å². The molecule has 2 fully saturated rings. The first-order valence-corrected chi connectivity index (χ1v) is 3.71. The number of rotatable bonds is 0. The van der Waals surface area contributed by atoms with Gasteiger partial charge in [0.25, 0.3) is 0 Å². The highest BCUT2D eigenvalue weighted by Gasteiger charge is 2.42. The predicted octanol–water partition coefficient (Wildman–Crippen LogP) is 0.0555. The fourth-order valence-electron chi connectivity index (χ4n) is 1.60. The van der Waals surface area contributed by atoms with Crippen molar-refractivity contribution in [2.45, 2.75) is 24.9 Å². The Hall–Kier alpha value is -0.570. The topological polar surface area (TPSA) is 38.3 Å². The maximum Gasteiger partial charge on any atom is 0.222 e. The lowest BCUT2D eigenvalue weighted by molar-refractivity contribution is -0.171. The van der Waals surface area contributed by atoms with Crippen molar-refractivity contribution >= 4 is 5.91 Å². The van der Waals surface area contributed by atoms with E-state index in [0.717, 1.165) is 26.0 Å². The van der Waals surface area contributed by atoms with Gasteiger partial charge in [-0.15, -0.1) is 0 Å². The maximum absolute atomic E-state index is 10.9. The third-order valence-electron chi connectivity index (χ3n) is 2.35. The van der Waals surface area contributed by atoms with Crippen LogP contribution in [0.2, 0.25) is 0 Å². The first-order valence-electron chi connectivity index (χ1n) is 3.71. The minimum atomic E-state index is -0.0394. The molecular weight excluding hydrogens is 130 g/mol. The van der Waals surface area contributed by atoms with Crippen molar-refractivity contribution in [1.82, 2.24) is 5.32 Å². The molecule has 0 bridgehead atoms. The smallest absolute Gasteiger partial charge is 0.222 e. The molecule has 2 heterocycles. The van der Waals surface area contributed by atoms with Gasteiger partial charge in [0.15, 0.2) is 0 Å². The summed E-state index contributed by atoms with van der Waals surface area (Å²) in [4.78, 5) is 10.9. The van der Waals surface area contributed by atoms with Gasteiger partial charge in [0.2, 0.25) is 5.91 Å². The van der Waals surface area contributed by atoms with Gasteiger partial charge in [-0.3, -0.25) is 4.79 Å². The zero-order chi connectivity index (χ0) is 7.03. The van der Waals surface area contributed by atoms with E-state index in [9.17, 15) is 4.79 Å². The van der Waals surface area contributed by atoms with E-state index in [1.54, 1.807) is 0 Å². The average molecular weight is 141 g/mol. The van der Waals surface area contributed by atoms with Crippen LogP contribution in [0.4, 0.5) is 0 Å². The third kappa shape index (κ3) is 0.814. The van der Waals surface area contributed by atoms with Crippen molar-refractivity contribution in [3.63, 3.8) is 0 Å². The van der Waals surface area contributed by atoms with Gasteiger partial charge in [-0.2, -0.15) is 0 Å². The summed E-state index contributed by atoms with van der Waals surface area (Å²) in [6.07, 6.45) is 2.64. The predicted molar refractivity (Wildman–Crippen MR) is 35.5 cm³/mol. The van der Waals surface area contributed by atoms with Gasteiger partial charge in [-0.1, -0.05) is 0 Å². The minimum absolute atomic E-state index is 0.0394. The van der Waals surface area contributed by atoms with E-state index >= 15 is 0 Å². The van der Waals surface area contributed by atoms with Crippen LogP contribution in [0.15, 0.2) is 0 Å². The second kappa shape index (κ2) is 1.95. The molecule has 3 nitrogen and oxygen atoms in total. The Bertz CT molecular complexity index is 163. The van der Waals surface area contributed by atoms with Gasteiger partial charge >= 0.3 is 0 Å². The summed E-state index contributed by atoms with van der Waals surface area (Å²) < 4.78 is 5.37. The Kier molecular flexibility index (Phi) is 1.20. The van der Waals surface area contributed by atoms with Gasteiger partial charge in [0.05, 0.1) is 18.6 Å². The molecule has 3 heteroatoms. The van der Waals surface area contributed by atoms with E-state index in [4.69, 9.17) is 4.74 Å². The lowest BCUT2D eigenvalue weighted by Crippen LogP contribution is -2.53. The van der Waals surface area contributed by atoms with Crippen LogP contribution in [-0.4, -0.2) is 24.7 Å². The zero-order valence-electron chi connectivity index (χ0n) is 5.85. The molecule has 2 saturated heterocycles. The Morgan fingerprint density at radius 3 is 2.70 bits per heavy atom. The summed E-state index contributed by atoms with van der Waals surface area (Å²) in [6, 6.07) is 0. The third-order valence-corrected chi connectivity index (χ3v) is 2.35. The van der Waals surface area contributed by atoms with Crippen molar-refractivity contribution < 1.29 is 9.53 Å². The lowest BCUT2D eigenvalue weighted by Gasteiger charge is -2.44. The number of amides is 1. The molecule has 0 aromatic heterocycles. The lowest BCUT2D eigenvalue weighted by atomic mass is 9.85. The Morgan fingerprint density at radius 2 is 2.30 bits per heavy atom. The molecule has 0 radical (unpaired) electrons. The second-order valence-electron chi connectivity index (χ2n) is 3.06.